The molecule has 1 aromatic heterocycles. The Morgan fingerprint density at radius 1 is 1.33 bits per heavy atom. The van der Waals surface area contributed by atoms with E-state index in [1.54, 1.807) is 0 Å². The van der Waals surface area contributed by atoms with Crippen LogP contribution in [0.2, 0.25) is 0 Å². The minimum absolute atomic E-state index is 0.0235. The Kier molecular flexibility index (Phi) is 5.49. The molecule has 112 valence electrons. The van der Waals surface area contributed by atoms with Crippen molar-refractivity contribution in [3.05, 3.63) is 36.2 Å². The molecule has 0 aliphatic heterocycles. The summed E-state index contributed by atoms with van der Waals surface area (Å²) in [6, 6.07) is 9.85. The van der Waals surface area contributed by atoms with Gasteiger partial charge in [-0.3, -0.25) is 4.79 Å². The Morgan fingerprint density at radius 2 is 2.10 bits per heavy atom. The first-order valence-corrected chi connectivity index (χ1v) is 7.36. The van der Waals surface area contributed by atoms with Gasteiger partial charge in [0.15, 0.2) is 0 Å². The van der Waals surface area contributed by atoms with Gasteiger partial charge in [-0.15, -0.1) is 0 Å². The van der Waals surface area contributed by atoms with Crippen molar-refractivity contribution in [3.8, 4) is 11.4 Å². The SMILES string of the molecule is CCC[C@@H](C)NC(=O)CCc1nc(-c2ccccc2)no1. The molecule has 1 amide bonds. The number of benzene rings is 1. The van der Waals surface area contributed by atoms with E-state index in [2.05, 4.69) is 22.4 Å². The van der Waals surface area contributed by atoms with E-state index in [9.17, 15) is 4.79 Å². The van der Waals surface area contributed by atoms with Gasteiger partial charge in [-0.1, -0.05) is 48.8 Å². The van der Waals surface area contributed by atoms with Gasteiger partial charge in [-0.2, -0.15) is 4.98 Å². The monoisotopic (exact) mass is 287 g/mol. The van der Waals surface area contributed by atoms with Gasteiger partial charge in [0, 0.05) is 24.4 Å². The van der Waals surface area contributed by atoms with Crippen LogP contribution in [0.3, 0.4) is 0 Å². The van der Waals surface area contributed by atoms with Crippen LogP contribution < -0.4 is 5.32 Å². The van der Waals surface area contributed by atoms with Crippen molar-refractivity contribution >= 4 is 5.91 Å². The van der Waals surface area contributed by atoms with Gasteiger partial charge in [0.2, 0.25) is 17.6 Å². The van der Waals surface area contributed by atoms with E-state index < -0.39 is 0 Å². The van der Waals surface area contributed by atoms with E-state index in [4.69, 9.17) is 4.52 Å². The Labute approximate surface area is 124 Å². The van der Waals surface area contributed by atoms with Crippen molar-refractivity contribution in [2.45, 2.75) is 45.6 Å². The smallest absolute Gasteiger partial charge is 0.227 e. The predicted molar refractivity (Wildman–Crippen MR) is 80.6 cm³/mol. The second kappa shape index (κ2) is 7.57. The van der Waals surface area contributed by atoms with E-state index >= 15 is 0 Å². The molecule has 1 aromatic carbocycles. The highest BCUT2D eigenvalue weighted by atomic mass is 16.5. The quantitative estimate of drug-likeness (QED) is 0.850. The number of rotatable bonds is 7. The summed E-state index contributed by atoms with van der Waals surface area (Å²) in [6.45, 7) is 4.12. The van der Waals surface area contributed by atoms with Gasteiger partial charge >= 0.3 is 0 Å². The van der Waals surface area contributed by atoms with Crippen LogP contribution in [0.5, 0.6) is 0 Å². The Balaban J connectivity index is 1.84. The molecule has 1 atom stereocenters. The summed E-state index contributed by atoms with van der Waals surface area (Å²) < 4.78 is 5.18. The van der Waals surface area contributed by atoms with E-state index in [0.29, 0.717) is 24.6 Å². The molecule has 0 fully saturated rings. The van der Waals surface area contributed by atoms with Crippen LogP contribution in [0, 0.1) is 0 Å². The molecule has 0 saturated heterocycles. The highest BCUT2D eigenvalue weighted by Gasteiger charge is 2.11. The molecule has 1 N–H and O–H groups in total. The Bertz CT molecular complexity index is 566. The average Bonchev–Trinajstić information content (AvgIpc) is 2.95. The summed E-state index contributed by atoms with van der Waals surface area (Å²) in [7, 11) is 0. The molecule has 0 bridgehead atoms. The minimum Gasteiger partial charge on any atom is -0.354 e. The lowest BCUT2D eigenvalue weighted by molar-refractivity contribution is -0.121. The molecule has 0 unspecified atom stereocenters. The second-order valence-electron chi connectivity index (χ2n) is 5.13. The third kappa shape index (κ3) is 4.70. The topological polar surface area (TPSA) is 68.0 Å². The van der Waals surface area contributed by atoms with Crippen LogP contribution in [0.15, 0.2) is 34.9 Å². The zero-order valence-electron chi connectivity index (χ0n) is 12.5. The summed E-state index contributed by atoms with van der Waals surface area (Å²) in [5.74, 6) is 1.08. The number of amides is 1. The molecule has 5 nitrogen and oxygen atoms in total. The first-order chi connectivity index (χ1) is 10.2. The number of carbonyl (C=O) groups is 1. The number of nitrogens with one attached hydrogen (secondary N) is 1. The average molecular weight is 287 g/mol. The fourth-order valence-electron chi connectivity index (χ4n) is 2.13. The lowest BCUT2D eigenvalue weighted by Gasteiger charge is -2.11. The number of carbonyl (C=O) groups excluding carboxylic acids is 1. The maximum Gasteiger partial charge on any atom is 0.227 e. The first kappa shape index (κ1) is 15.2. The van der Waals surface area contributed by atoms with E-state index in [1.165, 1.54) is 0 Å². The van der Waals surface area contributed by atoms with Gasteiger partial charge in [0.1, 0.15) is 0 Å². The Morgan fingerprint density at radius 3 is 2.81 bits per heavy atom. The van der Waals surface area contributed by atoms with Crippen LogP contribution in [-0.4, -0.2) is 22.1 Å². The number of nitrogens with zero attached hydrogens (tertiary/aromatic N) is 2. The second-order valence-corrected chi connectivity index (χ2v) is 5.13. The van der Waals surface area contributed by atoms with Gasteiger partial charge in [0.25, 0.3) is 0 Å². The highest BCUT2D eigenvalue weighted by molar-refractivity contribution is 5.76. The Hall–Kier alpha value is -2.17. The summed E-state index contributed by atoms with van der Waals surface area (Å²) in [5.41, 5.74) is 0.911. The van der Waals surface area contributed by atoms with Crippen LogP contribution in [-0.2, 0) is 11.2 Å². The van der Waals surface area contributed by atoms with Crippen molar-refractivity contribution < 1.29 is 9.32 Å². The minimum atomic E-state index is 0.0235. The van der Waals surface area contributed by atoms with Gasteiger partial charge in [-0.25, -0.2) is 0 Å². The molecular formula is C16H21N3O2. The van der Waals surface area contributed by atoms with Crippen molar-refractivity contribution in [2.75, 3.05) is 0 Å². The number of aryl methyl sites for hydroxylation is 1. The van der Waals surface area contributed by atoms with Crippen molar-refractivity contribution in [3.63, 3.8) is 0 Å². The number of hydrogen-bond acceptors (Lipinski definition) is 4. The van der Waals surface area contributed by atoms with E-state index in [-0.39, 0.29) is 11.9 Å². The van der Waals surface area contributed by atoms with Crippen molar-refractivity contribution in [1.82, 2.24) is 15.5 Å². The standard InChI is InChI=1S/C16H21N3O2/c1-3-7-12(2)17-14(20)10-11-15-18-16(19-21-15)13-8-5-4-6-9-13/h4-6,8-9,12H,3,7,10-11H2,1-2H3,(H,17,20)/t12-/m1/s1. The maximum atomic E-state index is 11.8. The van der Waals surface area contributed by atoms with Crippen LogP contribution >= 0.6 is 0 Å². The zero-order chi connectivity index (χ0) is 15.1. The highest BCUT2D eigenvalue weighted by Crippen LogP contribution is 2.15. The lowest BCUT2D eigenvalue weighted by Crippen LogP contribution is -2.32. The largest absolute Gasteiger partial charge is 0.354 e. The number of hydrogen-bond donors (Lipinski definition) is 1. The van der Waals surface area contributed by atoms with E-state index in [0.717, 1.165) is 18.4 Å². The van der Waals surface area contributed by atoms with Crippen LogP contribution in [0.1, 0.15) is 39.0 Å². The fraction of sp³-hybridized carbons (Fsp3) is 0.438. The fourth-order valence-corrected chi connectivity index (χ4v) is 2.13. The van der Waals surface area contributed by atoms with Crippen LogP contribution in [0.4, 0.5) is 0 Å². The molecule has 0 radical (unpaired) electrons. The molecule has 0 spiro atoms. The zero-order valence-corrected chi connectivity index (χ0v) is 12.5. The summed E-state index contributed by atoms with van der Waals surface area (Å²) in [6.07, 6.45) is 2.88. The normalized spacial score (nSPS) is 12.1. The summed E-state index contributed by atoms with van der Waals surface area (Å²) in [5, 5.41) is 6.90. The molecule has 21 heavy (non-hydrogen) atoms. The van der Waals surface area contributed by atoms with Crippen molar-refractivity contribution in [2.24, 2.45) is 0 Å². The van der Waals surface area contributed by atoms with E-state index in [1.807, 2.05) is 37.3 Å². The molecule has 0 saturated carbocycles. The molecule has 2 rings (SSSR count). The first-order valence-electron chi connectivity index (χ1n) is 7.36. The summed E-state index contributed by atoms with van der Waals surface area (Å²) in [4.78, 5) is 16.1. The summed E-state index contributed by atoms with van der Waals surface area (Å²) >= 11 is 0. The molecule has 0 aliphatic rings. The van der Waals surface area contributed by atoms with Gasteiger partial charge in [-0.05, 0) is 13.3 Å². The van der Waals surface area contributed by atoms with Crippen LogP contribution in [0.25, 0.3) is 11.4 Å². The molecule has 5 heteroatoms. The lowest BCUT2D eigenvalue weighted by atomic mass is 10.2. The predicted octanol–water partition coefficient (Wildman–Crippen LogP) is 2.97. The van der Waals surface area contributed by atoms with Gasteiger partial charge in [0.05, 0.1) is 0 Å². The molecule has 2 aromatic rings. The third-order valence-corrected chi connectivity index (χ3v) is 3.20. The third-order valence-electron chi connectivity index (χ3n) is 3.20. The molecule has 0 aliphatic carbocycles. The number of aromatic nitrogens is 2. The molecule has 1 heterocycles. The maximum absolute atomic E-state index is 11.8. The molecular weight excluding hydrogens is 266 g/mol. The van der Waals surface area contributed by atoms with Crippen molar-refractivity contribution in [1.29, 1.82) is 0 Å². The van der Waals surface area contributed by atoms with Gasteiger partial charge < -0.3 is 9.84 Å².